The molecule has 3 rings (SSSR count). The van der Waals surface area contributed by atoms with Crippen molar-refractivity contribution in [3.05, 3.63) is 46.7 Å². The Morgan fingerprint density at radius 3 is 3.19 bits per heavy atom. The molecule has 0 bridgehead atoms. The van der Waals surface area contributed by atoms with Crippen LogP contribution in [0.3, 0.4) is 0 Å². The fourth-order valence-electron chi connectivity index (χ4n) is 1.82. The molecule has 8 heteroatoms. The van der Waals surface area contributed by atoms with Gasteiger partial charge >= 0.3 is 0 Å². The van der Waals surface area contributed by atoms with Gasteiger partial charge in [0.05, 0.1) is 11.6 Å². The number of amides is 1. The Morgan fingerprint density at radius 1 is 1.48 bits per heavy atom. The maximum absolute atomic E-state index is 12.0. The first-order valence-corrected chi connectivity index (χ1v) is 7.02. The number of carbonyl (C=O) groups is 1. The van der Waals surface area contributed by atoms with Crippen LogP contribution in [-0.2, 0) is 6.42 Å². The first kappa shape index (κ1) is 13.2. The third-order valence-corrected chi connectivity index (χ3v) is 3.78. The second kappa shape index (κ2) is 5.68. The number of nitrogens with zero attached hydrogens (tertiary/aromatic N) is 5. The van der Waals surface area contributed by atoms with Crippen LogP contribution in [0.5, 0.6) is 0 Å². The van der Waals surface area contributed by atoms with Gasteiger partial charge in [0.1, 0.15) is 11.3 Å². The Morgan fingerprint density at radius 2 is 2.38 bits per heavy atom. The molecule has 21 heavy (non-hydrogen) atoms. The van der Waals surface area contributed by atoms with E-state index in [-0.39, 0.29) is 5.91 Å². The lowest BCUT2D eigenvalue weighted by Gasteiger charge is -2.03. The average Bonchev–Trinajstić information content (AvgIpc) is 3.08. The van der Waals surface area contributed by atoms with Gasteiger partial charge in [-0.3, -0.25) is 4.79 Å². The molecule has 0 aliphatic carbocycles. The lowest BCUT2D eigenvalue weighted by molar-refractivity contribution is 0.0954. The van der Waals surface area contributed by atoms with Gasteiger partial charge in [-0.2, -0.15) is 14.9 Å². The van der Waals surface area contributed by atoms with Crippen molar-refractivity contribution in [1.29, 1.82) is 5.26 Å². The molecular weight excluding hydrogens is 288 g/mol. The number of carbonyl (C=O) groups excluding carboxylic acids is 1. The Labute approximate surface area is 123 Å². The first-order chi connectivity index (χ1) is 10.3. The highest BCUT2D eigenvalue weighted by molar-refractivity contribution is 7.16. The van der Waals surface area contributed by atoms with Crippen LogP contribution in [0.4, 0.5) is 0 Å². The number of benzene rings is 1. The van der Waals surface area contributed by atoms with Crippen molar-refractivity contribution in [2.24, 2.45) is 0 Å². The summed E-state index contributed by atoms with van der Waals surface area (Å²) < 4.78 is 1.61. The lowest BCUT2D eigenvalue weighted by atomic mass is 10.1. The SMILES string of the molecule is N#Cc1cccc(C(=O)NCCc2nn3cnnc3s2)c1. The fraction of sp³-hybridized carbons (Fsp3) is 0.154. The van der Waals surface area contributed by atoms with Crippen molar-refractivity contribution in [2.45, 2.75) is 6.42 Å². The zero-order valence-electron chi connectivity index (χ0n) is 10.9. The van der Waals surface area contributed by atoms with E-state index < -0.39 is 0 Å². The number of fused-ring (bicyclic) bond motifs is 1. The Kier molecular flexibility index (Phi) is 3.57. The molecule has 104 valence electrons. The van der Waals surface area contributed by atoms with E-state index in [9.17, 15) is 4.79 Å². The highest BCUT2D eigenvalue weighted by Crippen LogP contribution is 2.11. The van der Waals surface area contributed by atoms with Gasteiger partial charge in [-0.15, -0.1) is 10.2 Å². The quantitative estimate of drug-likeness (QED) is 0.776. The monoisotopic (exact) mass is 298 g/mol. The van der Waals surface area contributed by atoms with Crippen molar-refractivity contribution >= 4 is 22.2 Å². The van der Waals surface area contributed by atoms with Crippen LogP contribution in [0.1, 0.15) is 20.9 Å². The average molecular weight is 298 g/mol. The Balaban J connectivity index is 1.58. The molecule has 2 heterocycles. The molecule has 0 aliphatic rings. The molecule has 0 unspecified atom stereocenters. The molecule has 3 aromatic rings. The zero-order chi connectivity index (χ0) is 14.7. The third kappa shape index (κ3) is 2.88. The normalized spacial score (nSPS) is 10.4. The largest absolute Gasteiger partial charge is 0.352 e. The molecule has 2 aromatic heterocycles. The standard InChI is InChI=1S/C13H10N6OS/c14-7-9-2-1-3-10(6-9)12(20)15-5-4-11-18-19-8-16-17-13(19)21-11/h1-3,6,8H,4-5H2,(H,15,20). The minimum atomic E-state index is -0.199. The summed E-state index contributed by atoms with van der Waals surface area (Å²) in [6.45, 7) is 0.472. The highest BCUT2D eigenvalue weighted by Gasteiger charge is 2.08. The molecule has 1 amide bonds. The van der Waals surface area contributed by atoms with Gasteiger partial charge in [-0.25, -0.2) is 0 Å². The molecule has 1 N–H and O–H groups in total. The summed E-state index contributed by atoms with van der Waals surface area (Å²) >= 11 is 1.44. The third-order valence-electron chi connectivity index (χ3n) is 2.81. The van der Waals surface area contributed by atoms with Crippen molar-refractivity contribution in [1.82, 2.24) is 25.1 Å². The number of nitrogens with one attached hydrogen (secondary N) is 1. The smallest absolute Gasteiger partial charge is 0.251 e. The number of hydrogen-bond donors (Lipinski definition) is 1. The van der Waals surface area contributed by atoms with Gasteiger partial charge in [-0.05, 0) is 18.2 Å². The lowest BCUT2D eigenvalue weighted by Crippen LogP contribution is -2.25. The summed E-state index contributed by atoms with van der Waals surface area (Å²) in [4.78, 5) is 12.7. The van der Waals surface area contributed by atoms with E-state index in [1.807, 2.05) is 6.07 Å². The summed E-state index contributed by atoms with van der Waals surface area (Å²) in [5, 5.41) is 24.4. The molecule has 0 fully saturated rings. The van der Waals surface area contributed by atoms with Crippen LogP contribution in [0.15, 0.2) is 30.6 Å². The second-order valence-corrected chi connectivity index (χ2v) is 5.29. The van der Waals surface area contributed by atoms with E-state index in [0.29, 0.717) is 24.1 Å². The highest BCUT2D eigenvalue weighted by atomic mass is 32.1. The molecule has 0 saturated carbocycles. The van der Waals surface area contributed by atoms with Crippen LogP contribution in [0.2, 0.25) is 0 Å². The van der Waals surface area contributed by atoms with E-state index in [0.717, 1.165) is 9.97 Å². The van der Waals surface area contributed by atoms with Crippen LogP contribution in [-0.4, -0.2) is 32.3 Å². The summed E-state index contributed by atoms with van der Waals surface area (Å²) in [5.41, 5.74) is 0.948. The van der Waals surface area contributed by atoms with Gasteiger partial charge in [-0.1, -0.05) is 17.4 Å². The number of nitriles is 1. The Hall–Kier alpha value is -2.79. The topological polar surface area (TPSA) is 96.0 Å². The van der Waals surface area contributed by atoms with Crippen molar-refractivity contribution in [3.63, 3.8) is 0 Å². The Bertz CT molecular complexity index is 802. The number of hydrogen-bond acceptors (Lipinski definition) is 6. The maximum Gasteiger partial charge on any atom is 0.251 e. The van der Waals surface area contributed by atoms with Gasteiger partial charge in [0.2, 0.25) is 4.96 Å². The maximum atomic E-state index is 12.0. The van der Waals surface area contributed by atoms with E-state index in [1.165, 1.54) is 11.3 Å². The van der Waals surface area contributed by atoms with E-state index in [2.05, 4.69) is 20.6 Å². The molecule has 0 spiro atoms. The summed E-state index contributed by atoms with van der Waals surface area (Å²) in [7, 11) is 0. The van der Waals surface area contributed by atoms with E-state index in [1.54, 1.807) is 35.1 Å². The van der Waals surface area contributed by atoms with E-state index >= 15 is 0 Å². The van der Waals surface area contributed by atoms with Crippen LogP contribution in [0.25, 0.3) is 4.96 Å². The van der Waals surface area contributed by atoms with Crippen molar-refractivity contribution in [3.8, 4) is 6.07 Å². The molecule has 1 aromatic carbocycles. The van der Waals surface area contributed by atoms with Gasteiger partial charge in [0, 0.05) is 18.5 Å². The summed E-state index contributed by atoms with van der Waals surface area (Å²) in [5.74, 6) is -0.199. The fourth-order valence-corrected chi connectivity index (χ4v) is 2.63. The molecular formula is C13H10N6OS. The summed E-state index contributed by atoms with van der Waals surface area (Å²) in [6.07, 6.45) is 2.17. The van der Waals surface area contributed by atoms with Gasteiger partial charge in [0.15, 0.2) is 0 Å². The molecule has 0 radical (unpaired) electrons. The van der Waals surface area contributed by atoms with E-state index in [4.69, 9.17) is 5.26 Å². The molecule has 7 nitrogen and oxygen atoms in total. The predicted molar refractivity (Wildman–Crippen MR) is 75.9 cm³/mol. The van der Waals surface area contributed by atoms with Crippen LogP contribution >= 0.6 is 11.3 Å². The van der Waals surface area contributed by atoms with Gasteiger partial charge in [0.25, 0.3) is 5.91 Å². The second-order valence-electron chi connectivity index (χ2n) is 4.25. The van der Waals surface area contributed by atoms with Gasteiger partial charge < -0.3 is 5.32 Å². The number of aromatic nitrogens is 4. The van der Waals surface area contributed by atoms with Crippen LogP contribution < -0.4 is 5.32 Å². The van der Waals surface area contributed by atoms with Crippen LogP contribution in [0, 0.1) is 11.3 Å². The predicted octanol–water partition coefficient (Wildman–Crippen LogP) is 1.03. The first-order valence-electron chi connectivity index (χ1n) is 6.20. The molecule has 0 atom stereocenters. The molecule has 0 aliphatic heterocycles. The van der Waals surface area contributed by atoms with Crippen molar-refractivity contribution in [2.75, 3.05) is 6.54 Å². The summed E-state index contributed by atoms with van der Waals surface area (Å²) in [6, 6.07) is 8.61. The minimum Gasteiger partial charge on any atom is -0.352 e. The minimum absolute atomic E-state index is 0.199. The zero-order valence-corrected chi connectivity index (χ0v) is 11.7. The van der Waals surface area contributed by atoms with Crippen molar-refractivity contribution < 1.29 is 4.79 Å². The number of rotatable bonds is 4. The molecule has 0 saturated heterocycles.